The van der Waals surface area contributed by atoms with Crippen LogP contribution >= 0.6 is 21.6 Å². The third-order valence-electron chi connectivity index (χ3n) is 24.0. The number of methoxy groups -OCH3 is 2. The van der Waals surface area contributed by atoms with Crippen LogP contribution in [0.4, 0.5) is 4.79 Å². The highest BCUT2D eigenvalue weighted by Gasteiger charge is 2.48. The van der Waals surface area contributed by atoms with Gasteiger partial charge >= 0.3 is 18.0 Å². The zero-order valence-corrected chi connectivity index (χ0v) is 79.9. The normalized spacial score (nSPS) is 24.4. The fourth-order valence-electron chi connectivity index (χ4n) is 16.4. The topological polar surface area (TPSA) is 535 Å². The predicted molar refractivity (Wildman–Crippen MR) is 483 cm³/mol. The van der Waals surface area contributed by atoms with E-state index in [-0.39, 0.29) is 148 Å². The molecule has 4 heterocycles. The van der Waals surface area contributed by atoms with Gasteiger partial charge in [0.15, 0.2) is 18.9 Å². The third-order valence-corrected chi connectivity index (χ3v) is 27.4. The van der Waals surface area contributed by atoms with Crippen LogP contribution in [0.25, 0.3) is 0 Å². The van der Waals surface area contributed by atoms with Crippen LogP contribution in [0.5, 0.6) is 0 Å². The van der Waals surface area contributed by atoms with Gasteiger partial charge in [-0.05, 0) is 141 Å². The first-order valence-corrected chi connectivity index (χ1v) is 49.8. The first-order valence-electron chi connectivity index (χ1n) is 47.5. The van der Waals surface area contributed by atoms with Crippen LogP contribution in [0, 0.1) is 11.3 Å². The summed E-state index contributed by atoms with van der Waals surface area (Å²) in [5, 5.41) is 104. The summed E-state index contributed by atoms with van der Waals surface area (Å²) in [6, 6.07) is -2.20. The summed E-state index contributed by atoms with van der Waals surface area (Å²) < 4.78 is 61.8. The Bertz CT molecular complexity index is 3120. The number of likely N-dealkylation sites (tertiary alicyclic amines) is 1. The van der Waals surface area contributed by atoms with E-state index in [1.165, 1.54) is 13.8 Å². The summed E-state index contributed by atoms with van der Waals surface area (Å²) in [5.41, 5.74) is -0.681. The highest BCUT2D eigenvalue weighted by atomic mass is 33.1. The molecule has 16 unspecified atom stereocenters. The maximum absolute atomic E-state index is 14.4. The molecule has 4 saturated heterocycles. The van der Waals surface area contributed by atoms with Gasteiger partial charge in [-0.1, -0.05) is 86.3 Å². The number of carbonyl (C=O) groups excluding carboxylic acids is 11. The Morgan fingerprint density at radius 3 is 1.32 bits per heavy atom. The molecular weight excluding hydrogens is 1740 g/mol. The number of ketones is 3. The lowest BCUT2D eigenvalue weighted by molar-refractivity contribution is -0.282. The number of carbonyl (C=O) groups is 11. The van der Waals surface area contributed by atoms with Gasteiger partial charge in [0.1, 0.15) is 78.3 Å². The summed E-state index contributed by atoms with van der Waals surface area (Å²) in [6.07, 6.45) is 5.12. The number of Topliss-reactive ketones (excluding diaryl/α,β-unsaturated/α-hetero) is 3. The Morgan fingerprint density at radius 2 is 0.838 bits per heavy atom. The fourth-order valence-corrected chi connectivity index (χ4v) is 19.0. The number of hydrogen-bond acceptors (Lipinski definition) is 33. The highest BCUT2D eigenvalue weighted by molar-refractivity contribution is 8.77. The lowest BCUT2D eigenvalue weighted by Crippen LogP contribution is -2.64. The first kappa shape index (κ1) is 117. The van der Waals surface area contributed by atoms with Crippen LogP contribution in [0.2, 0.25) is 0 Å². The number of nitrogens with one attached hydrogen (secondary N) is 5. The molecule has 0 bridgehead atoms. The third kappa shape index (κ3) is 48.4. The minimum absolute atomic E-state index is 0.0121. The maximum atomic E-state index is 14.4. The van der Waals surface area contributed by atoms with Gasteiger partial charge in [-0.15, -0.1) is 0 Å². The monoisotopic (exact) mass is 1900 g/mol. The lowest BCUT2D eigenvalue weighted by atomic mass is 9.71. The van der Waals surface area contributed by atoms with E-state index in [1.807, 2.05) is 4.90 Å². The minimum Gasteiger partial charge on any atom is -0.466 e. The summed E-state index contributed by atoms with van der Waals surface area (Å²) in [5.74, 6) is -1.81. The summed E-state index contributed by atoms with van der Waals surface area (Å²) in [6.45, 7) is 9.44. The quantitative estimate of drug-likeness (QED) is 0.0144. The minimum atomic E-state index is -1.45. The molecule has 0 aliphatic carbocycles. The largest absolute Gasteiger partial charge is 0.466 e. The molecule has 6 amide bonds. The Balaban J connectivity index is 1.30. The Labute approximate surface area is 776 Å². The Morgan fingerprint density at radius 1 is 0.431 bits per heavy atom. The number of aliphatic hydroxyl groups is 9. The number of nitrogens with zero attached hydrogens (tertiary/aromatic N) is 1. The molecule has 37 nitrogen and oxygen atoms in total. The fraction of sp³-hybridized carbons (Fsp3) is 0.879. The van der Waals surface area contributed by atoms with E-state index in [0.29, 0.717) is 173 Å². The number of ether oxygens (including phenoxy) is 11. The standard InChI is InChI=1S/C91H160N6O31S2/c1-62-80(111)81(112)70(58-98)126-86(62)122-49-26-34-73(106)92-45-22-14-9-12-18-37-76(109)120-51-28-41-91(56-68(105)40-54-129-130-90(4,5)44-39-67(104)32-20-21-36-75(108)97-57-69(119-7)55-65(97)61-118-6,42-29-52-121-77(110)38-19-13-10-15-23-46-93-74(107)35-27-50-124-88-79(96-64(3)102)85(116)83(114)72(60-100)128-88)43-30-53-125-89(117)94-47-24-16-8-11-17-31-66(103)33-25-48-123-87-78(95-63(2)101)84(115)82(113)71(59-99)127-87/h62,65,69-72,78-88,98-100,111-116H,8-61H2,1-7H3,(H,92,106)(H,93,107)(H,94,117)(H,95,101)(H,96,102)/t62?,65-,69+,70?,71?,72?,78?,79?,80?,81?,82?,83?,84?,85?,86?,87?,88?,91?/m1/s1. The van der Waals surface area contributed by atoms with Crippen molar-refractivity contribution in [1.82, 2.24) is 31.5 Å². The number of rotatable bonds is 74. The van der Waals surface area contributed by atoms with Gasteiger partial charge < -0.3 is 130 Å². The van der Waals surface area contributed by atoms with E-state index in [1.54, 1.807) is 42.7 Å². The molecule has 0 spiro atoms. The van der Waals surface area contributed by atoms with Crippen molar-refractivity contribution >= 4 is 86.5 Å². The predicted octanol–water partition coefficient (Wildman–Crippen LogP) is 5.98. The molecule has 18 atom stereocenters. The van der Waals surface area contributed by atoms with Gasteiger partial charge in [0.2, 0.25) is 29.5 Å². The van der Waals surface area contributed by atoms with E-state index in [2.05, 4.69) is 40.4 Å². The van der Waals surface area contributed by atoms with Crippen molar-refractivity contribution in [3.63, 3.8) is 0 Å². The molecule has 0 saturated carbocycles. The van der Waals surface area contributed by atoms with Gasteiger partial charge in [-0.25, -0.2) is 4.79 Å². The molecule has 0 aromatic carbocycles. The van der Waals surface area contributed by atoms with Crippen molar-refractivity contribution in [2.45, 2.75) is 388 Å². The average Bonchev–Trinajstić information content (AvgIpc) is 1.18. The number of hydrogen-bond donors (Lipinski definition) is 14. The molecule has 0 aromatic rings. The molecular formula is C91H160N6O31S2. The van der Waals surface area contributed by atoms with Crippen LogP contribution < -0.4 is 26.6 Å². The van der Waals surface area contributed by atoms with E-state index in [0.717, 1.165) is 70.6 Å². The van der Waals surface area contributed by atoms with Crippen LogP contribution in [-0.2, 0) is 100 Å². The van der Waals surface area contributed by atoms with Gasteiger partial charge in [0, 0.05) is 141 Å². The van der Waals surface area contributed by atoms with Crippen LogP contribution in [-0.4, -0.2) is 331 Å². The molecule has 4 rings (SSSR count). The van der Waals surface area contributed by atoms with Gasteiger partial charge in [0.25, 0.3) is 0 Å². The van der Waals surface area contributed by atoms with Crippen molar-refractivity contribution < 1.29 is 151 Å². The van der Waals surface area contributed by atoms with Crippen LogP contribution in [0.15, 0.2) is 0 Å². The molecule has 14 N–H and O–H groups in total. The van der Waals surface area contributed by atoms with E-state index in [4.69, 9.17) is 52.1 Å². The average molecular weight is 1900 g/mol. The van der Waals surface area contributed by atoms with E-state index < -0.39 is 135 Å². The Kier molecular flexibility index (Phi) is 60.9. The zero-order chi connectivity index (χ0) is 95.7. The van der Waals surface area contributed by atoms with Crippen molar-refractivity contribution in [3.8, 4) is 0 Å². The maximum Gasteiger partial charge on any atom is 0.407 e. The van der Waals surface area contributed by atoms with Crippen molar-refractivity contribution in [2.75, 3.05) is 112 Å². The highest BCUT2D eigenvalue weighted by Crippen LogP contribution is 2.43. The smallest absolute Gasteiger partial charge is 0.407 e. The molecule has 4 aliphatic rings. The van der Waals surface area contributed by atoms with Crippen LogP contribution in [0.3, 0.4) is 0 Å². The Hall–Kier alpha value is -5.41. The number of amides is 6. The molecule has 4 fully saturated rings. The number of alkyl carbamates (subject to hydrolysis) is 1. The van der Waals surface area contributed by atoms with Gasteiger partial charge in [0.05, 0.1) is 84.3 Å². The summed E-state index contributed by atoms with van der Waals surface area (Å²) >= 11 is 0. The zero-order valence-electron chi connectivity index (χ0n) is 78.3. The van der Waals surface area contributed by atoms with Crippen molar-refractivity contribution in [2.24, 2.45) is 11.3 Å². The molecule has 752 valence electrons. The molecule has 130 heavy (non-hydrogen) atoms. The summed E-state index contributed by atoms with van der Waals surface area (Å²) in [7, 11) is 6.46. The van der Waals surface area contributed by atoms with Crippen molar-refractivity contribution in [3.05, 3.63) is 0 Å². The molecule has 0 radical (unpaired) electrons. The second-order valence-electron chi connectivity index (χ2n) is 35.6. The SMILES string of the molecule is COC[C@H]1C[C@H](OC)CN1C(=O)CCCCC(=O)CCC(C)(C)SSCCC(=O)CC(CCCOC(=O)CCCCCCCNC(=O)CCCOC1OC(CO)C(O)C(O)C1C)(CCCOC(=O)CCCCCCCNC(=O)CCCOC1OC(CO)C(O)C(O)C1NC(C)=O)CCCOC(=O)NCCCCCCCC(=O)CCCOC1OC(CO)C(O)C(O)C1NC(C)=O. The second kappa shape index (κ2) is 67.7. The van der Waals surface area contributed by atoms with Gasteiger partial charge in [-0.3, -0.25) is 47.9 Å². The number of unbranched alkanes of at least 4 members (excludes halogenated alkanes) is 13. The number of aliphatic hydroxyl groups excluding tert-OH is 9. The molecule has 39 heteroatoms. The molecule has 4 aliphatic heterocycles. The lowest BCUT2D eigenvalue weighted by Gasteiger charge is -2.42. The molecule has 0 aromatic heterocycles. The number of esters is 2. The second-order valence-corrected chi connectivity index (χ2v) is 38.7. The van der Waals surface area contributed by atoms with E-state index in [9.17, 15) is 98.7 Å². The first-order chi connectivity index (χ1) is 62.3. The summed E-state index contributed by atoms with van der Waals surface area (Å²) in [4.78, 5) is 144. The van der Waals surface area contributed by atoms with Crippen LogP contribution in [0.1, 0.15) is 285 Å². The van der Waals surface area contributed by atoms with E-state index >= 15 is 0 Å². The van der Waals surface area contributed by atoms with Crippen molar-refractivity contribution in [1.29, 1.82) is 0 Å². The van der Waals surface area contributed by atoms with Gasteiger partial charge in [-0.2, -0.15) is 0 Å².